The van der Waals surface area contributed by atoms with E-state index in [9.17, 15) is 4.79 Å². The minimum atomic E-state index is -0.271. The van der Waals surface area contributed by atoms with E-state index in [1.54, 1.807) is 24.5 Å². The molecule has 2 heterocycles. The zero-order chi connectivity index (χ0) is 16.8. The Morgan fingerprint density at radius 1 is 1.12 bits per heavy atom. The molecule has 0 aliphatic heterocycles. The van der Waals surface area contributed by atoms with Gasteiger partial charge in [-0.2, -0.15) is 0 Å². The summed E-state index contributed by atoms with van der Waals surface area (Å²) in [6.07, 6.45) is 2.95. The van der Waals surface area contributed by atoms with E-state index in [4.69, 9.17) is 4.42 Å². The predicted octanol–water partition coefficient (Wildman–Crippen LogP) is 2.92. The van der Waals surface area contributed by atoms with Gasteiger partial charge in [-0.1, -0.05) is 24.3 Å². The average Bonchev–Trinajstić information content (AvgIpc) is 3.13. The van der Waals surface area contributed by atoms with Crippen molar-refractivity contribution in [3.63, 3.8) is 0 Å². The van der Waals surface area contributed by atoms with Crippen LogP contribution in [-0.2, 0) is 13.1 Å². The molecule has 0 atom stereocenters. The van der Waals surface area contributed by atoms with Crippen molar-refractivity contribution in [3.8, 4) is 0 Å². The molecule has 0 saturated heterocycles. The maximum absolute atomic E-state index is 12.1. The lowest BCUT2D eigenvalue weighted by Crippen LogP contribution is -2.23. The van der Waals surface area contributed by atoms with Gasteiger partial charge in [-0.05, 0) is 30.2 Å². The van der Waals surface area contributed by atoms with Crippen LogP contribution in [0.4, 0.5) is 5.82 Å². The number of hydrogen-bond donors (Lipinski definition) is 2. The van der Waals surface area contributed by atoms with Crippen molar-refractivity contribution in [2.24, 2.45) is 0 Å². The fourth-order valence-corrected chi connectivity index (χ4v) is 2.24. The van der Waals surface area contributed by atoms with Crippen molar-refractivity contribution in [1.29, 1.82) is 0 Å². The molecule has 0 aliphatic carbocycles. The smallest absolute Gasteiger partial charge is 0.270 e. The highest BCUT2D eigenvalue weighted by Crippen LogP contribution is 2.11. The number of furan rings is 1. The third-order valence-electron chi connectivity index (χ3n) is 3.62. The third-order valence-corrected chi connectivity index (χ3v) is 3.62. The summed E-state index contributed by atoms with van der Waals surface area (Å²) in [6.45, 7) is 3.02. The molecular weight excluding hydrogens is 304 g/mol. The van der Waals surface area contributed by atoms with Gasteiger partial charge in [0.2, 0.25) is 0 Å². The first-order valence-corrected chi connectivity index (χ1v) is 7.63. The molecule has 6 nitrogen and oxygen atoms in total. The Kier molecular flexibility index (Phi) is 4.86. The molecule has 0 aliphatic rings. The molecule has 3 aromatic rings. The molecular formula is C18H18N4O2. The van der Waals surface area contributed by atoms with Gasteiger partial charge in [0.15, 0.2) is 0 Å². The van der Waals surface area contributed by atoms with E-state index in [-0.39, 0.29) is 5.91 Å². The summed E-state index contributed by atoms with van der Waals surface area (Å²) in [5, 5.41) is 5.98. The number of amides is 1. The number of carbonyl (C=O) groups is 1. The first kappa shape index (κ1) is 15.7. The van der Waals surface area contributed by atoms with Gasteiger partial charge >= 0.3 is 0 Å². The molecule has 122 valence electrons. The summed E-state index contributed by atoms with van der Waals surface area (Å²) in [5.41, 5.74) is 2.69. The molecule has 0 radical (unpaired) electrons. The van der Waals surface area contributed by atoms with Gasteiger partial charge in [-0.15, -0.1) is 0 Å². The van der Waals surface area contributed by atoms with Crippen LogP contribution in [-0.4, -0.2) is 15.9 Å². The summed E-state index contributed by atoms with van der Waals surface area (Å²) < 4.78 is 5.18. The summed E-state index contributed by atoms with van der Waals surface area (Å²) in [7, 11) is 0. The summed E-state index contributed by atoms with van der Waals surface area (Å²) in [4.78, 5) is 20.3. The van der Waals surface area contributed by atoms with Gasteiger partial charge in [0.25, 0.3) is 5.91 Å². The van der Waals surface area contributed by atoms with Crippen molar-refractivity contribution >= 4 is 11.7 Å². The molecule has 24 heavy (non-hydrogen) atoms. The average molecular weight is 322 g/mol. The number of carbonyl (C=O) groups excluding carboxylic acids is 1. The second kappa shape index (κ2) is 7.41. The molecule has 0 saturated carbocycles. The van der Waals surface area contributed by atoms with Crippen LogP contribution in [0, 0.1) is 6.92 Å². The van der Waals surface area contributed by atoms with Crippen molar-refractivity contribution < 1.29 is 9.21 Å². The number of aryl methyl sites for hydroxylation is 1. The van der Waals surface area contributed by atoms with Gasteiger partial charge < -0.3 is 15.1 Å². The number of benzene rings is 1. The second-order valence-electron chi connectivity index (χ2n) is 5.33. The van der Waals surface area contributed by atoms with Crippen molar-refractivity contribution in [2.45, 2.75) is 20.0 Å². The first-order valence-electron chi connectivity index (χ1n) is 7.63. The van der Waals surface area contributed by atoms with E-state index in [1.165, 1.54) is 17.5 Å². The standard InChI is InChI=1S/C18H18N4O2/c1-13-5-2-3-6-14(13)10-19-17-9-16(21-12-22-17)18(23)20-11-15-7-4-8-24-15/h2-9,12H,10-11H2,1H3,(H,20,23)(H,19,21,22). The van der Waals surface area contributed by atoms with Crippen LogP contribution in [0.25, 0.3) is 0 Å². The highest BCUT2D eigenvalue weighted by atomic mass is 16.3. The zero-order valence-corrected chi connectivity index (χ0v) is 13.3. The number of rotatable bonds is 6. The normalized spacial score (nSPS) is 10.4. The Morgan fingerprint density at radius 2 is 2.00 bits per heavy atom. The quantitative estimate of drug-likeness (QED) is 0.729. The molecule has 1 amide bonds. The minimum Gasteiger partial charge on any atom is -0.467 e. The van der Waals surface area contributed by atoms with E-state index in [0.717, 1.165) is 0 Å². The van der Waals surface area contributed by atoms with E-state index in [1.807, 2.05) is 12.1 Å². The number of anilines is 1. The van der Waals surface area contributed by atoms with Gasteiger partial charge in [0.1, 0.15) is 23.6 Å². The summed E-state index contributed by atoms with van der Waals surface area (Å²) in [6, 6.07) is 13.3. The Morgan fingerprint density at radius 3 is 2.79 bits per heavy atom. The van der Waals surface area contributed by atoms with Gasteiger partial charge in [0.05, 0.1) is 12.8 Å². The molecule has 0 spiro atoms. The fraction of sp³-hybridized carbons (Fsp3) is 0.167. The molecule has 2 aromatic heterocycles. The predicted molar refractivity (Wildman–Crippen MR) is 90.4 cm³/mol. The molecule has 1 aromatic carbocycles. The van der Waals surface area contributed by atoms with Crippen LogP contribution in [0.5, 0.6) is 0 Å². The first-order chi connectivity index (χ1) is 11.7. The number of aromatic nitrogens is 2. The third kappa shape index (κ3) is 3.98. The molecule has 0 fully saturated rings. The Hall–Kier alpha value is -3.15. The number of nitrogens with one attached hydrogen (secondary N) is 2. The van der Waals surface area contributed by atoms with Gasteiger partial charge in [-0.3, -0.25) is 4.79 Å². The van der Waals surface area contributed by atoms with Crippen LogP contribution in [0.15, 0.2) is 59.5 Å². The highest BCUT2D eigenvalue weighted by molar-refractivity contribution is 5.92. The Balaban J connectivity index is 1.61. The molecule has 6 heteroatoms. The molecule has 0 bridgehead atoms. The highest BCUT2D eigenvalue weighted by Gasteiger charge is 2.09. The van der Waals surface area contributed by atoms with Crippen LogP contribution in [0.1, 0.15) is 27.4 Å². The number of nitrogens with zero attached hydrogens (tertiary/aromatic N) is 2. The van der Waals surface area contributed by atoms with Crippen molar-refractivity contribution in [3.05, 3.63) is 77.6 Å². The zero-order valence-electron chi connectivity index (χ0n) is 13.3. The van der Waals surface area contributed by atoms with Crippen LogP contribution in [0.3, 0.4) is 0 Å². The van der Waals surface area contributed by atoms with Crippen molar-refractivity contribution in [2.75, 3.05) is 5.32 Å². The van der Waals surface area contributed by atoms with Crippen LogP contribution >= 0.6 is 0 Å². The SMILES string of the molecule is Cc1ccccc1CNc1cc(C(=O)NCc2ccco2)ncn1. The van der Waals surface area contributed by atoms with E-state index in [2.05, 4.69) is 39.7 Å². The Labute approximate surface area is 140 Å². The lowest BCUT2D eigenvalue weighted by molar-refractivity contribution is 0.0943. The lowest BCUT2D eigenvalue weighted by atomic mass is 10.1. The van der Waals surface area contributed by atoms with E-state index < -0.39 is 0 Å². The largest absolute Gasteiger partial charge is 0.467 e. The maximum Gasteiger partial charge on any atom is 0.270 e. The minimum absolute atomic E-state index is 0.271. The number of hydrogen-bond acceptors (Lipinski definition) is 5. The van der Waals surface area contributed by atoms with Crippen LogP contribution < -0.4 is 10.6 Å². The molecule has 2 N–H and O–H groups in total. The second-order valence-corrected chi connectivity index (χ2v) is 5.33. The van der Waals surface area contributed by atoms with Crippen molar-refractivity contribution in [1.82, 2.24) is 15.3 Å². The van der Waals surface area contributed by atoms with E-state index >= 15 is 0 Å². The maximum atomic E-state index is 12.1. The Bertz CT molecular complexity index is 815. The monoisotopic (exact) mass is 322 g/mol. The summed E-state index contributed by atoms with van der Waals surface area (Å²) in [5.74, 6) is 1.03. The van der Waals surface area contributed by atoms with Gasteiger partial charge in [0, 0.05) is 12.6 Å². The topological polar surface area (TPSA) is 80.0 Å². The van der Waals surface area contributed by atoms with Gasteiger partial charge in [-0.25, -0.2) is 9.97 Å². The molecule has 3 rings (SSSR count). The van der Waals surface area contributed by atoms with Crippen LogP contribution in [0.2, 0.25) is 0 Å². The fourth-order valence-electron chi connectivity index (χ4n) is 2.24. The summed E-state index contributed by atoms with van der Waals surface area (Å²) >= 11 is 0. The lowest BCUT2D eigenvalue weighted by Gasteiger charge is -2.09. The molecule has 0 unspecified atom stereocenters. The van der Waals surface area contributed by atoms with E-state index in [0.29, 0.717) is 30.4 Å².